The fourth-order valence-corrected chi connectivity index (χ4v) is 2.87. The summed E-state index contributed by atoms with van der Waals surface area (Å²) in [6.07, 6.45) is 4.91. The van der Waals surface area contributed by atoms with Crippen LogP contribution in [-0.2, 0) is 0 Å². The first kappa shape index (κ1) is 13.6. The highest BCUT2D eigenvalue weighted by Gasteiger charge is 2.21. The van der Waals surface area contributed by atoms with Gasteiger partial charge in [0.1, 0.15) is 0 Å². The zero-order valence-electron chi connectivity index (χ0n) is 11.4. The van der Waals surface area contributed by atoms with E-state index in [1.165, 1.54) is 24.8 Å². The molecular formula is C16H25NO. The predicted octanol–water partition coefficient (Wildman–Crippen LogP) is 3.03. The van der Waals surface area contributed by atoms with Crippen LogP contribution in [0, 0.1) is 0 Å². The molecule has 0 spiro atoms. The Bertz CT molecular complexity index is 338. The maximum atomic E-state index is 9.40. The van der Waals surface area contributed by atoms with E-state index in [0.717, 1.165) is 19.5 Å². The van der Waals surface area contributed by atoms with E-state index in [2.05, 4.69) is 42.2 Å². The molecule has 1 N–H and O–H groups in total. The van der Waals surface area contributed by atoms with E-state index in [1.807, 2.05) is 0 Å². The molecule has 1 aliphatic heterocycles. The molecule has 0 aromatic heterocycles. The van der Waals surface area contributed by atoms with Gasteiger partial charge in [-0.25, -0.2) is 0 Å². The number of benzene rings is 1. The third-order valence-corrected chi connectivity index (χ3v) is 4.18. The smallest absolute Gasteiger partial charge is 0.0586 e. The maximum Gasteiger partial charge on any atom is 0.0586 e. The largest absolute Gasteiger partial charge is 0.395 e. The number of nitrogens with zero attached hydrogens (tertiary/aromatic N) is 1. The fraction of sp³-hybridized carbons (Fsp3) is 0.625. The first-order valence-electron chi connectivity index (χ1n) is 7.21. The molecule has 18 heavy (non-hydrogen) atoms. The summed E-state index contributed by atoms with van der Waals surface area (Å²) in [5, 5.41) is 9.40. The lowest BCUT2D eigenvalue weighted by molar-refractivity contribution is 0.0878. The number of aliphatic hydroxyl groups excluding tert-OH is 1. The zero-order chi connectivity index (χ0) is 12.8. The van der Waals surface area contributed by atoms with E-state index < -0.39 is 0 Å². The molecule has 1 fully saturated rings. The van der Waals surface area contributed by atoms with Crippen molar-refractivity contribution in [3.8, 4) is 0 Å². The van der Waals surface area contributed by atoms with Crippen molar-refractivity contribution < 1.29 is 5.11 Å². The molecule has 1 aliphatic rings. The Morgan fingerprint density at radius 3 is 2.78 bits per heavy atom. The molecule has 0 aliphatic carbocycles. The number of hydrogen-bond acceptors (Lipinski definition) is 2. The second-order valence-electron chi connectivity index (χ2n) is 5.47. The summed E-state index contributed by atoms with van der Waals surface area (Å²) in [5.74, 6) is 0.604. The normalized spacial score (nSPS) is 22.9. The topological polar surface area (TPSA) is 23.5 Å². The predicted molar refractivity (Wildman–Crippen MR) is 75.8 cm³/mol. The van der Waals surface area contributed by atoms with Gasteiger partial charge in [0.05, 0.1) is 6.61 Å². The Hall–Kier alpha value is -0.860. The van der Waals surface area contributed by atoms with Crippen LogP contribution in [0.3, 0.4) is 0 Å². The summed E-state index contributed by atoms with van der Waals surface area (Å²) in [5.41, 5.74) is 1.43. The highest BCUT2D eigenvalue weighted by molar-refractivity contribution is 5.18. The number of hydrogen-bond donors (Lipinski definition) is 1. The van der Waals surface area contributed by atoms with Gasteiger partial charge in [-0.15, -0.1) is 0 Å². The second-order valence-corrected chi connectivity index (χ2v) is 5.47. The van der Waals surface area contributed by atoms with Gasteiger partial charge in [-0.2, -0.15) is 0 Å². The van der Waals surface area contributed by atoms with E-state index in [-0.39, 0.29) is 0 Å². The van der Waals surface area contributed by atoms with Crippen molar-refractivity contribution in [2.24, 2.45) is 0 Å². The van der Waals surface area contributed by atoms with Gasteiger partial charge in [0.2, 0.25) is 0 Å². The van der Waals surface area contributed by atoms with E-state index in [1.54, 1.807) is 0 Å². The standard InChI is InChI=1S/C16H25NO/c1-14(15-7-3-2-4-8-15)10-12-17-11-6-5-9-16(17)13-18/h2-4,7-8,14,16,18H,5-6,9-13H2,1H3/t14-,16+/m0/s1. The lowest BCUT2D eigenvalue weighted by atomic mass is 9.96. The summed E-state index contributed by atoms with van der Waals surface area (Å²) in [4.78, 5) is 2.48. The van der Waals surface area contributed by atoms with Gasteiger partial charge in [0, 0.05) is 6.04 Å². The highest BCUT2D eigenvalue weighted by atomic mass is 16.3. The number of rotatable bonds is 5. The van der Waals surface area contributed by atoms with Gasteiger partial charge in [-0.1, -0.05) is 43.7 Å². The summed E-state index contributed by atoms with van der Waals surface area (Å²) < 4.78 is 0. The minimum atomic E-state index is 0.319. The van der Waals surface area contributed by atoms with E-state index in [4.69, 9.17) is 0 Å². The maximum absolute atomic E-state index is 9.40. The minimum Gasteiger partial charge on any atom is -0.395 e. The Balaban J connectivity index is 1.83. The molecule has 100 valence electrons. The SMILES string of the molecule is C[C@@H](CCN1CCCC[C@@H]1CO)c1ccccc1. The molecular weight excluding hydrogens is 222 g/mol. The van der Waals surface area contributed by atoms with Crippen molar-refractivity contribution >= 4 is 0 Å². The second kappa shape index (κ2) is 6.91. The number of likely N-dealkylation sites (tertiary alicyclic amines) is 1. The molecule has 1 heterocycles. The molecule has 2 heteroatoms. The third kappa shape index (κ3) is 3.56. The van der Waals surface area contributed by atoms with Crippen molar-refractivity contribution in [2.45, 2.75) is 44.6 Å². The molecule has 0 saturated carbocycles. The fourth-order valence-electron chi connectivity index (χ4n) is 2.87. The average Bonchev–Trinajstić information content (AvgIpc) is 2.46. The minimum absolute atomic E-state index is 0.319. The Morgan fingerprint density at radius 2 is 2.06 bits per heavy atom. The van der Waals surface area contributed by atoms with E-state index in [0.29, 0.717) is 18.6 Å². The zero-order valence-corrected chi connectivity index (χ0v) is 11.4. The van der Waals surface area contributed by atoms with Crippen LogP contribution in [0.25, 0.3) is 0 Å². The first-order chi connectivity index (χ1) is 8.81. The van der Waals surface area contributed by atoms with Crippen LogP contribution in [0.4, 0.5) is 0 Å². The first-order valence-corrected chi connectivity index (χ1v) is 7.21. The molecule has 2 nitrogen and oxygen atoms in total. The van der Waals surface area contributed by atoms with Crippen molar-refractivity contribution in [3.05, 3.63) is 35.9 Å². The third-order valence-electron chi connectivity index (χ3n) is 4.18. The van der Waals surface area contributed by atoms with E-state index in [9.17, 15) is 5.11 Å². The van der Waals surface area contributed by atoms with Gasteiger partial charge in [-0.3, -0.25) is 4.90 Å². The van der Waals surface area contributed by atoms with Crippen molar-refractivity contribution in [1.29, 1.82) is 0 Å². The lowest BCUT2D eigenvalue weighted by Crippen LogP contribution is -2.42. The Labute approximate surface area is 111 Å². The summed E-state index contributed by atoms with van der Waals surface area (Å²) >= 11 is 0. The molecule has 0 amide bonds. The van der Waals surface area contributed by atoms with Crippen molar-refractivity contribution in [1.82, 2.24) is 4.90 Å². The van der Waals surface area contributed by atoms with Crippen molar-refractivity contribution in [2.75, 3.05) is 19.7 Å². The van der Waals surface area contributed by atoms with Crippen LogP contribution in [0.5, 0.6) is 0 Å². The van der Waals surface area contributed by atoms with Crippen LogP contribution >= 0.6 is 0 Å². The van der Waals surface area contributed by atoms with Crippen LogP contribution in [0.2, 0.25) is 0 Å². The molecule has 0 unspecified atom stereocenters. The van der Waals surface area contributed by atoms with Crippen LogP contribution in [0.15, 0.2) is 30.3 Å². The molecule has 1 aromatic carbocycles. The van der Waals surface area contributed by atoms with Gasteiger partial charge in [0.25, 0.3) is 0 Å². The van der Waals surface area contributed by atoms with Crippen molar-refractivity contribution in [3.63, 3.8) is 0 Å². The monoisotopic (exact) mass is 247 g/mol. The summed E-state index contributed by atoms with van der Waals surface area (Å²) in [6, 6.07) is 11.1. The number of aliphatic hydroxyl groups is 1. The van der Waals surface area contributed by atoms with Crippen LogP contribution in [-0.4, -0.2) is 35.7 Å². The van der Waals surface area contributed by atoms with Crippen LogP contribution in [0.1, 0.15) is 44.1 Å². The Morgan fingerprint density at radius 1 is 1.28 bits per heavy atom. The highest BCUT2D eigenvalue weighted by Crippen LogP contribution is 2.22. The van der Waals surface area contributed by atoms with E-state index >= 15 is 0 Å². The van der Waals surface area contributed by atoms with Gasteiger partial charge in [0.15, 0.2) is 0 Å². The van der Waals surface area contributed by atoms with Gasteiger partial charge < -0.3 is 5.11 Å². The molecule has 2 rings (SSSR count). The average molecular weight is 247 g/mol. The summed E-state index contributed by atoms with van der Waals surface area (Å²) in [7, 11) is 0. The van der Waals surface area contributed by atoms with Gasteiger partial charge in [-0.05, 0) is 43.8 Å². The molecule has 0 bridgehead atoms. The van der Waals surface area contributed by atoms with Crippen LogP contribution < -0.4 is 0 Å². The molecule has 1 aromatic rings. The molecule has 0 radical (unpaired) electrons. The van der Waals surface area contributed by atoms with Gasteiger partial charge >= 0.3 is 0 Å². The number of piperidine rings is 1. The summed E-state index contributed by atoms with van der Waals surface area (Å²) in [6.45, 7) is 4.89. The lowest BCUT2D eigenvalue weighted by Gasteiger charge is -2.35. The quantitative estimate of drug-likeness (QED) is 0.864. The molecule has 1 saturated heterocycles. The Kier molecular flexibility index (Phi) is 5.21. The molecule has 2 atom stereocenters.